The average Bonchev–Trinajstić information content (AvgIpc) is 2.75. The second-order valence-electron chi connectivity index (χ2n) is 7.44. The molecule has 7 heteroatoms. The highest BCUT2D eigenvalue weighted by molar-refractivity contribution is 6.01. The van der Waals surface area contributed by atoms with Gasteiger partial charge in [-0.3, -0.25) is 4.79 Å². The first-order valence-corrected chi connectivity index (χ1v) is 10.4. The van der Waals surface area contributed by atoms with Gasteiger partial charge < -0.3 is 15.0 Å². The Morgan fingerprint density at radius 2 is 2.03 bits per heavy atom. The Morgan fingerprint density at radius 3 is 2.65 bits per heavy atom. The number of pyridine rings is 1. The first-order chi connectivity index (χ1) is 14.9. The third-order valence-electron chi connectivity index (χ3n) is 4.58. The van der Waals surface area contributed by atoms with Crippen LogP contribution in [0, 0.1) is 17.3 Å². The molecule has 31 heavy (non-hydrogen) atoms. The van der Waals surface area contributed by atoms with Gasteiger partial charge in [-0.15, -0.1) is 0 Å². The van der Waals surface area contributed by atoms with Crippen LogP contribution in [0.15, 0.2) is 48.0 Å². The van der Waals surface area contributed by atoms with Gasteiger partial charge in [0, 0.05) is 6.54 Å². The molecule has 0 saturated heterocycles. The molecule has 0 radical (unpaired) electrons. The Balaban J connectivity index is 2.05. The average molecular weight is 425 g/mol. The van der Waals surface area contributed by atoms with Crippen molar-refractivity contribution in [3.8, 4) is 11.8 Å². The molecule has 0 fully saturated rings. The zero-order valence-corrected chi connectivity index (χ0v) is 18.3. The van der Waals surface area contributed by atoms with Crippen LogP contribution < -0.4 is 10.1 Å². The summed E-state index contributed by atoms with van der Waals surface area (Å²) in [7, 11) is 4.05. The van der Waals surface area contributed by atoms with Crippen molar-refractivity contribution in [1.29, 1.82) is 5.26 Å². The summed E-state index contributed by atoms with van der Waals surface area (Å²) in [5, 5.41) is 12.3. The number of carbonyl (C=O) groups is 1. The maximum absolute atomic E-state index is 13.3. The lowest BCUT2D eigenvalue weighted by atomic mass is 10.0. The molecular weight excluding hydrogens is 395 g/mol. The van der Waals surface area contributed by atoms with Crippen molar-refractivity contribution < 1.29 is 13.9 Å². The molecule has 0 spiro atoms. The normalized spacial score (nSPS) is 12.3. The zero-order chi connectivity index (χ0) is 22.6. The van der Waals surface area contributed by atoms with Gasteiger partial charge in [0.1, 0.15) is 17.4 Å². The van der Waals surface area contributed by atoms with Crippen LogP contribution >= 0.6 is 0 Å². The summed E-state index contributed by atoms with van der Waals surface area (Å²) < 4.78 is 19.0. The van der Waals surface area contributed by atoms with E-state index in [4.69, 9.17) is 4.74 Å². The third kappa shape index (κ3) is 8.19. The van der Waals surface area contributed by atoms with E-state index in [0.29, 0.717) is 13.0 Å². The lowest BCUT2D eigenvalue weighted by Gasteiger charge is -2.19. The van der Waals surface area contributed by atoms with Crippen molar-refractivity contribution in [2.45, 2.75) is 32.2 Å². The molecule has 0 aliphatic rings. The Kier molecular flexibility index (Phi) is 9.66. The van der Waals surface area contributed by atoms with Crippen LogP contribution in [0.1, 0.15) is 43.5 Å². The lowest BCUT2D eigenvalue weighted by molar-refractivity contribution is -0.117. The number of hydrogen-bond donors (Lipinski definition) is 1. The number of benzene rings is 1. The Bertz CT molecular complexity index is 920. The van der Waals surface area contributed by atoms with Crippen LogP contribution in [-0.4, -0.2) is 43.0 Å². The minimum absolute atomic E-state index is 0.125. The van der Waals surface area contributed by atoms with Gasteiger partial charge in [0.2, 0.25) is 5.95 Å². The first kappa shape index (κ1) is 24.0. The minimum Gasteiger partial charge on any atom is -0.494 e. The molecule has 1 N–H and O–H groups in total. The van der Waals surface area contributed by atoms with Gasteiger partial charge in [-0.25, -0.2) is 4.98 Å². The molecule has 0 saturated carbocycles. The number of aromatic nitrogens is 1. The standard InChI is InChI=1S/C24H29FN4O2/c1-4-7-22(18-10-12-21(13-11-18)31-15-6-14-29(2)3)28-24(30)19(17-26)16-20-8-5-9-23(25)27-20/h5,8-13,16,22H,4,6-7,14-15H2,1-3H3,(H,28,30). The van der Waals surface area contributed by atoms with E-state index in [1.807, 2.05) is 51.4 Å². The van der Waals surface area contributed by atoms with E-state index in [1.165, 1.54) is 24.3 Å². The number of hydrogen-bond acceptors (Lipinski definition) is 5. The van der Waals surface area contributed by atoms with E-state index in [9.17, 15) is 14.4 Å². The molecule has 1 unspecified atom stereocenters. The Labute approximate surface area is 183 Å². The summed E-state index contributed by atoms with van der Waals surface area (Å²) in [5.41, 5.74) is 1.02. The van der Waals surface area contributed by atoms with E-state index < -0.39 is 11.9 Å². The fourth-order valence-corrected chi connectivity index (χ4v) is 3.01. The smallest absolute Gasteiger partial charge is 0.262 e. The van der Waals surface area contributed by atoms with Gasteiger partial charge in [-0.1, -0.05) is 31.5 Å². The van der Waals surface area contributed by atoms with Crippen molar-refractivity contribution in [2.75, 3.05) is 27.2 Å². The quantitative estimate of drug-likeness (QED) is 0.254. The summed E-state index contributed by atoms with van der Waals surface area (Å²) in [6, 6.07) is 13.5. The monoisotopic (exact) mass is 424 g/mol. The van der Waals surface area contributed by atoms with Crippen molar-refractivity contribution in [3.05, 3.63) is 65.2 Å². The number of rotatable bonds is 11. The molecule has 2 rings (SSSR count). The fraction of sp³-hybridized carbons (Fsp3) is 0.375. The molecule has 1 heterocycles. The maximum Gasteiger partial charge on any atom is 0.262 e. The lowest BCUT2D eigenvalue weighted by Crippen LogP contribution is -2.29. The second kappa shape index (κ2) is 12.5. The number of ether oxygens (including phenoxy) is 1. The molecule has 1 atom stereocenters. The van der Waals surface area contributed by atoms with Gasteiger partial charge >= 0.3 is 0 Å². The van der Waals surface area contributed by atoms with Gasteiger partial charge in [0.25, 0.3) is 5.91 Å². The van der Waals surface area contributed by atoms with Crippen LogP contribution in [0.4, 0.5) is 4.39 Å². The molecule has 1 amide bonds. The maximum atomic E-state index is 13.3. The number of amides is 1. The van der Waals surface area contributed by atoms with Crippen molar-refractivity contribution in [3.63, 3.8) is 0 Å². The SMILES string of the molecule is CCCC(NC(=O)C(C#N)=Cc1cccc(F)n1)c1ccc(OCCCN(C)C)cc1. The number of carbonyl (C=O) groups excluding carboxylic acids is 1. The topological polar surface area (TPSA) is 78.2 Å². The van der Waals surface area contributed by atoms with E-state index in [0.717, 1.165) is 30.7 Å². The number of nitrogens with one attached hydrogen (secondary N) is 1. The predicted octanol–water partition coefficient (Wildman–Crippen LogP) is 4.12. The van der Waals surface area contributed by atoms with E-state index in [1.54, 1.807) is 0 Å². The highest BCUT2D eigenvalue weighted by atomic mass is 19.1. The minimum atomic E-state index is -0.667. The van der Waals surface area contributed by atoms with Gasteiger partial charge in [-0.05, 0) is 62.8 Å². The van der Waals surface area contributed by atoms with E-state index in [-0.39, 0.29) is 17.3 Å². The summed E-state index contributed by atoms with van der Waals surface area (Å²) in [5.74, 6) is -0.408. The summed E-state index contributed by atoms with van der Waals surface area (Å²) >= 11 is 0. The largest absolute Gasteiger partial charge is 0.494 e. The zero-order valence-electron chi connectivity index (χ0n) is 18.3. The van der Waals surface area contributed by atoms with Crippen molar-refractivity contribution in [1.82, 2.24) is 15.2 Å². The van der Waals surface area contributed by atoms with E-state index >= 15 is 0 Å². The highest BCUT2D eigenvalue weighted by Gasteiger charge is 2.17. The number of nitrogens with zero attached hydrogens (tertiary/aromatic N) is 3. The van der Waals surface area contributed by atoms with Crippen molar-refractivity contribution in [2.24, 2.45) is 0 Å². The van der Waals surface area contributed by atoms with Crippen LogP contribution in [0.2, 0.25) is 0 Å². The second-order valence-corrected chi connectivity index (χ2v) is 7.44. The molecule has 1 aromatic heterocycles. The van der Waals surface area contributed by atoms with Crippen molar-refractivity contribution >= 4 is 12.0 Å². The highest BCUT2D eigenvalue weighted by Crippen LogP contribution is 2.22. The predicted molar refractivity (Wildman–Crippen MR) is 119 cm³/mol. The molecule has 2 aromatic rings. The van der Waals surface area contributed by atoms with Gasteiger partial charge in [-0.2, -0.15) is 9.65 Å². The molecule has 6 nitrogen and oxygen atoms in total. The molecule has 0 bridgehead atoms. The van der Waals surface area contributed by atoms with Gasteiger partial charge in [0.05, 0.1) is 18.3 Å². The summed E-state index contributed by atoms with van der Waals surface area (Å²) in [4.78, 5) is 18.5. The van der Waals surface area contributed by atoms with Crippen LogP contribution in [-0.2, 0) is 4.79 Å². The van der Waals surface area contributed by atoms with Crippen LogP contribution in [0.25, 0.3) is 6.08 Å². The first-order valence-electron chi connectivity index (χ1n) is 10.4. The fourth-order valence-electron chi connectivity index (χ4n) is 3.01. The number of nitriles is 1. The summed E-state index contributed by atoms with van der Waals surface area (Å²) in [6.07, 6.45) is 3.79. The molecule has 164 valence electrons. The molecule has 1 aromatic carbocycles. The van der Waals surface area contributed by atoms with Crippen LogP contribution in [0.3, 0.4) is 0 Å². The summed E-state index contributed by atoms with van der Waals surface area (Å²) in [6.45, 7) is 3.62. The van der Waals surface area contributed by atoms with Gasteiger partial charge in [0.15, 0.2) is 0 Å². The molecule has 0 aliphatic heterocycles. The van der Waals surface area contributed by atoms with E-state index in [2.05, 4.69) is 15.2 Å². The molecule has 0 aliphatic carbocycles. The molecular formula is C24H29FN4O2. The number of halogens is 1. The Hall–Kier alpha value is -3.24. The van der Waals surface area contributed by atoms with Crippen LogP contribution in [0.5, 0.6) is 5.75 Å². The Morgan fingerprint density at radius 1 is 1.29 bits per heavy atom. The third-order valence-corrected chi connectivity index (χ3v) is 4.58.